The van der Waals surface area contributed by atoms with Crippen molar-refractivity contribution in [2.24, 2.45) is 7.05 Å². The van der Waals surface area contributed by atoms with Crippen molar-refractivity contribution in [3.05, 3.63) is 42.7 Å². The molecule has 0 unspecified atom stereocenters. The zero-order chi connectivity index (χ0) is 16.0. The van der Waals surface area contributed by atoms with Crippen molar-refractivity contribution >= 4 is 21.9 Å². The summed E-state index contributed by atoms with van der Waals surface area (Å²) in [6.07, 6.45) is 3.75. The Kier molecular flexibility index (Phi) is 3.00. The van der Waals surface area contributed by atoms with Crippen LogP contribution in [0, 0.1) is 0 Å². The van der Waals surface area contributed by atoms with Crippen LogP contribution in [-0.4, -0.2) is 26.4 Å². The number of hydrogen-bond acceptors (Lipinski definition) is 3. The number of aromatic amines is 1. The first-order valence-electron chi connectivity index (χ1n) is 6.97. The van der Waals surface area contributed by atoms with Crippen LogP contribution in [0.4, 0.5) is 8.78 Å². The number of ether oxygens (including phenoxy) is 1. The molecule has 3 heterocycles. The summed E-state index contributed by atoms with van der Waals surface area (Å²) in [6.45, 7) is -2.89. The summed E-state index contributed by atoms with van der Waals surface area (Å²) >= 11 is 0. The quantitative estimate of drug-likeness (QED) is 0.627. The molecule has 23 heavy (non-hydrogen) atoms. The average Bonchev–Trinajstić information content (AvgIpc) is 3.07. The minimum atomic E-state index is -2.89. The Labute approximate surface area is 129 Å². The number of fused-ring (bicyclic) bond motifs is 2. The molecule has 0 aliphatic rings. The number of aromatic nitrogens is 4. The van der Waals surface area contributed by atoms with Gasteiger partial charge in [-0.15, -0.1) is 0 Å². The molecule has 0 amide bonds. The number of pyridine rings is 1. The van der Waals surface area contributed by atoms with Gasteiger partial charge in [0.15, 0.2) is 0 Å². The van der Waals surface area contributed by atoms with Gasteiger partial charge in [0.25, 0.3) is 0 Å². The third-order valence-electron chi connectivity index (χ3n) is 3.65. The molecular formula is C16H12F2N4O. The summed E-state index contributed by atoms with van der Waals surface area (Å²) in [4.78, 5) is 7.05. The van der Waals surface area contributed by atoms with Gasteiger partial charge in [-0.3, -0.25) is 4.68 Å². The van der Waals surface area contributed by atoms with Crippen LogP contribution in [0.5, 0.6) is 5.88 Å². The van der Waals surface area contributed by atoms with Crippen LogP contribution in [0.3, 0.4) is 0 Å². The highest BCUT2D eigenvalue weighted by molar-refractivity contribution is 5.96. The number of nitrogens with zero attached hydrogens (tertiary/aromatic N) is 3. The molecule has 0 atom stereocenters. The molecule has 1 aromatic carbocycles. The summed E-state index contributed by atoms with van der Waals surface area (Å²) in [5, 5.41) is 6.22. The van der Waals surface area contributed by atoms with Crippen LogP contribution in [0.2, 0.25) is 0 Å². The van der Waals surface area contributed by atoms with Gasteiger partial charge in [0.1, 0.15) is 5.65 Å². The molecule has 0 aliphatic carbocycles. The third-order valence-corrected chi connectivity index (χ3v) is 3.65. The number of benzene rings is 1. The van der Waals surface area contributed by atoms with E-state index in [0.717, 1.165) is 27.4 Å². The fraction of sp³-hybridized carbons (Fsp3) is 0.125. The van der Waals surface area contributed by atoms with Gasteiger partial charge in [0.2, 0.25) is 5.88 Å². The molecule has 1 N–H and O–H groups in total. The molecule has 0 saturated carbocycles. The second-order valence-corrected chi connectivity index (χ2v) is 5.20. The van der Waals surface area contributed by atoms with Gasteiger partial charge in [-0.2, -0.15) is 18.9 Å². The smallest absolute Gasteiger partial charge is 0.388 e. The average molecular weight is 314 g/mol. The van der Waals surface area contributed by atoms with E-state index in [9.17, 15) is 8.78 Å². The lowest BCUT2D eigenvalue weighted by Gasteiger charge is -2.03. The van der Waals surface area contributed by atoms with Gasteiger partial charge in [0.05, 0.1) is 5.52 Å². The highest BCUT2D eigenvalue weighted by atomic mass is 19.3. The minimum absolute atomic E-state index is 0.108. The number of nitrogens with one attached hydrogen (secondary N) is 1. The number of H-pyrrole nitrogens is 1. The van der Waals surface area contributed by atoms with E-state index in [-0.39, 0.29) is 5.88 Å². The van der Waals surface area contributed by atoms with Crippen LogP contribution < -0.4 is 4.74 Å². The zero-order valence-electron chi connectivity index (χ0n) is 12.1. The zero-order valence-corrected chi connectivity index (χ0v) is 12.1. The van der Waals surface area contributed by atoms with Crippen LogP contribution in [0.15, 0.2) is 42.7 Å². The topological polar surface area (TPSA) is 55.7 Å². The van der Waals surface area contributed by atoms with E-state index in [1.54, 1.807) is 16.9 Å². The second-order valence-electron chi connectivity index (χ2n) is 5.20. The van der Waals surface area contributed by atoms with E-state index in [1.165, 1.54) is 6.07 Å². The highest BCUT2D eigenvalue weighted by Gasteiger charge is 2.11. The molecule has 0 fully saturated rings. The lowest BCUT2D eigenvalue weighted by atomic mass is 10.0. The minimum Gasteiger partial charge on any atom is -0.417 e. The first-order valence-corrected chi connectivity index (χ1v) is 6.97. The van der Waals surface area contributed by atoms with Crippen LogP contribution in [-0.2, 0) is 7.05 Å². The standard InChI is InChI=1S/C16H12F2N4O/c1-22-8-10-6-9(2-4-13(10)21-22)12-7-19-15-11(12)3-5-14(20-15)23-16(17)18/h2-8,16H,1H3,(H,19,20). The number of aryl methyl sites for hydroxylation is 1. The number of alkyl halides is 2. The Morgan fingerprint density at radius 1 is 1.22 bits per heavy atom. The van der Waals surface area contributed by atoms with Gasteiger partial charge >= 0.3 is 6.61 Å². The second kappa shape index (κ2) is 5.05. The maximum absolute atomic E-state index is 12.3. The van der Waals surface area contributed by atoms with E-state index < -0.39 is 6.61 Å². The Morgan fingerprint density at radius 3 is 2.91 bits per heavy atom. The van der Waals surface area contributed by atoms with Gasteiger partial charge in [0, 0.05) is 41.8 Å². The summed E-state index contributed by atoms with van der Waals surface area (Å²) < 4.78 is 30.6. The van der Waals surface area contributed by atoms with Crippen molar-refractivity contribution in [3.63, 3.8) is 0 Å². The molecule has 116 valence electrons. The van der Waals surface area contributed by atoms with E-state index in [4.69, 9.17) is 0 Å². The molecule has 7 heteroatoms. The molecule has 4 aromatic rings. The molecule has 5 nitrogen and oxygen atoms in total. The summed E-state index contributed by atoms with van der Waals surface area (Å²) in [5.74, 6) is -0.108. The van der Waals surface area contributed by atoms with Crippen molar-refractivity contribution in [2.45, 2.75) is 6.61 Å². The SMILES string of the molecule is Cn1cc2cc(-c3c[nH]c4nc(OC(F)F)ccc34)ccc2n1. The Bertz CT molecular complexity index is 1010. The first kappa shape index (κ1) is 13.7. The molecule has 0 saturated heterocycles. The van der Waals surface area contributed by atoms with E-state index in [1.807, 2.05) is 31.4 Å². The maximum Gasteiger partial charge on any atom is 0.388 e. The number of hydrogen-bond donors (Lipinski definition) is 1. The molecule has 0 spiro atoms. The van der Waals surface area contributed by atoms with Crippen LogP contribution in [0.25, 0.3) is 33.1 Å². The van der Waals surface area contributed by atoms with Gasteiger partial charge in [-0.05, 0) is 23.8 Å². The van der Waals surface area contributed by atoms with Crippen molar-refractivity contribution in [1.82, 2.24) is 19.7 Å². The molecule has 0 aliphatic heterocycles. The lowest BCUT2D eigenvalue weighted by molar-refractivity contribution is -0.0526. The molecule has 0 bridgehead atoms. The van der Waals surface area contributed by atoms with Crippen molar-refractivity contribution in [3.8, 4) is 17.0 Å². The summed E-state index contributed by atoms with van der Waals surface area (Å²) in [5.41, 5.74) is 3.37. The van der Waals surface area contributed by atoms with Gasteiger partial charge in [-0.25, -0.2) is 0 Å². The van der Waals surface area contributed by atoms with E-state index in [2.05, 4.69) is 19.8 Å². The maximum atomic E-state index is 12.3. The number of rotatable bonds is 3. The third kappa shape index (κ3) is 2.40. The first-order chi connectivity index (χ1) is 11.1. The summed E-state index contributed by atoms with van der Waals surface area (Å²) in [7, 11) is 1.87. The predicted molar refractivity (Wildman–Crippen MR) is 82.4 cm³/mol. The van der Waals surface area contributed by atoms with Crippen molar-refractivity contribution < 1.29 is 13.5 Å². The molecule has 4 rings (SSSR count). The monoisotopic (exact) mass is 314 g/mol. The summed E-state index contributed by atoms with van der Waals surface area (Å²) in [6, 6.07) is 9.12. The fourth-order valence-electron chi connectivity index (χ4n) is 2.70. The Balaban J connectivity index is 1.80. The van der Waals surface area contributed by atoms with Crippen LogP contribution >= 0.6 is 0 Å². The Morgan fingerprint density at radius 2 is 2.09 bits per heavy atom. The van der Waals surface area contributed by atoms with E-state index in [0.29, 0.717) is 5.65 Å². The van der Waals surface area contributed by atoms with Crippen LogP contribution in [0.1, 0.15) is 0 Å². The van der Waals surface area contributed by atoms with Gasteiger partial charge in [-0.1, -0.05) is 6.07 Å². The van der Waals surface area contributed by atoms with Gasteiger partial charge < -0.3 is 9.72 Å². The lowest BCUT2D eigenvalue weighted by Crippen LogP contribution is -2.03. The Hall–Kier alpha value is -2.96. The predicted octanol–water partition coefficient (Wildman–Crippen LogP) is 3.72. The highest BCUT2D eigenvalue weighted by Crippen LogP contribution is 2.31. The molecular weight excluding hydrogens is 302 g/mol. The fourth-order valence-corrected chi connectivity index (χ4v) is 2.70. The van der Waals surface area contributed by atoms with Crippen molar-refractivity contribution in [1.29, 1.82) is 0 Å². The molecule has 3 aromatic heterocycles. The number of halogens is 2. The largest absolute Gasteiger partial charge is 0.417 e. The van der Waals surface area contributed by atoms with Crippen molar-refractivity contribution in [2.75, 3.05) is 0 Å². The normalized spacial score (nSPS) is 11.7. The molecule has 0 radical (unpaired) electrons. The van der Waals surface area contributed by atoms with E-state index >= 15 is 0 Å².